The maximum atomic E-state index is 13.6. The molecule has 130 valence electrons. The summed E-state index contributed by atoms with van der Waals surface area (Å²) in [6, 6.07) is 4.51. The van der Waals surface area contributed by atoms with Gasteiger partial charge in [-0.05, 0) is 43.5 Å². The van der Waals surface area contributed by atoms with Crippen LogP contribution in [0, 0.1) is 5.82 Å². The van der Waals surface area contributed by atoms with E-state index in [-0.39, 0.29) is 17.7 Å². The molecule has 0 radical (unpaired) electrons. The Bertz CT molecular complexity index is 623. The molecule has 0 spiro atoms. The average Bonchev–Trinajstić information content (AvgIpc) is 3.06. The minimum absolute atomic E-state index is 0.131. The van der Waals surface area contributed by atoms with E-state index in [9.17, 15) is 14.0 Å². The van der Waals surface area contributed by atoms with Crippen LogP contribution >= 0.6 is 0 Å². The number of halogens is 1. The summed E-state index contributed by atoms with van der Waals surface area (Å²) < 4.78 is 23.4. The molecule has 6 heteroatoms. The van der Waals surface area contributed by atoms with E-state index >= 15 is 0 Å². The lowest BCUT2D eigenvalue weighted by Gasteiger charge is -2.16. The van der Waals surface area contributed by atoms with Crippen LogP contribution in [0.4, 0.5) is 4.39 Å². The molecule has 1 aliphatic carbocycles. The number of nitrogens with one attached hydrogen (secondary N) is 1. The van der Waals surface area contributed by atoms with Gasteiger partial charge in [-0.15, -0.1) is 0 Å². The second kappa shape index (κ2) is 8.47. The van der Waals surface area contributed by atoms with E-state index in [4.69, 9.17) is 9.47 Å². The third-order valence-corrected chi connectivity index (χ3v) is 3.95. The van der Waals surface area contributed by atoms with Crippen molar-refractivity contribution in [3.8, 4) is 5.75 Å². The topological polar surface area (TPSA) is 64.6 Å². The Labute approximate surface area is 140 Å². The van der Waals surface area contributed by atoms with Crippen molar-refractivity contribution >= 4 is 18.0 Å². The highest BCUT2D eigenvalue weighted by molar-refractivity contribution is 5.90. The molecule has 0 heterocycles. The van der Waals surface area contributed by atoms with Crippen LogP contribution in [0.15, 0.2) is 24.3 Å². The van der Waals surface area contributed by atoms with E-state index in [1.165, 1.54) is 38.3 Å². The molecule has 2 rings (SSSR count). The van der Waals surface area contributed by atoms with Crippen LogP contribution in [0.25, 0.3) is 6.08 Å². The van der Waals surface area contributed by atoms with Gasteiger partial charge in [-0.1, -0.05) is 18.9 Å². The van der Waals surface area contributed by atoms with E-state index < -0.39 is 17.9 Å². The Kier molecular flexibility index (Phi) is 6.35. The highest BCUT2D eigenvalue weighted by Crippen LogP contribution is 2.19. The molecule has 1 aromatic rings. The Morgan fingerprint density at radius 1 is 1.33 bits per heavy atom. The minimum Gasteiger partial charge on any atom is -0.494 e. The van der Waals surface area contributed by atoms with Crippen LogP contribution in [-0.4, -0.2) is 31.1 Å². The summed E-state index contributed by atoms with van der Waals surface area (Å²) >= 11 is 0. The number of ether oxygens (including phenoxy) is 2. The van der Waals surface area contributed by atoms with Gasteiger partial charge in [0.25, 0.3) is 5.91 Å². The third kappa shape index (κ3) is 5.08. The zero-order valence-corrected chi connectivity index (χ0v) is 13.9. The summed E-state index contributed by atoms with van der Waals surface area (Å²) in [6.45, 7) is 1.53. The molecule has 0 saturated heterocycles. The maximum absolute atomic E-state index is 13.6. The minimum atomic E-state index is -0.865. The van der Waals surface area contributed by atoms with Gasteiger partial charge in [-0.3, -0.25) is 4.79 Å². The van der Waals surface area contributed by atoms with Crippen LogP contribution < -0.4 is 10.1 Å². The lowest BCUT2D eigenvalue weighted by Crippen LogP contribution is -2.40. The molecule has 1 aliphatic rings. The number of carbonyl (C=O) groups excluding carboxylic acids is 2. The van der Waals surface area contributed by atoms with Gasteiger partial charge in [0, 0.05) is 12.1 Å². The fourth-order valence-electron chi connectivity index (χ4n) is 2.61. The largest absolute Gasteiger partial charge is 0.494 e. The molecule has 1 saturated carbocycles. The fraction of sp³-hybridized carbons (Fsp3) is 0.444. The highest BCUT2D eigenvalue weighted by Gasteiger charge is 2.22. The van der Waals surface area contributed by atoms with Crippen LogP contribution in [0.5, 0.6) is 5.75 Å². The van der Waals surface area contributed by atoms with Crippen molar-refractivity contribution in [2.75, 3.05) is 7.11 Å². The Morgan fingerprint density at radius 2 is 2.04 bits per heavy atom. The summed E-state index contributed by atoms with van der Waals surface area (Å²) in [5.41, 5.74) is 0.494. The van der Waals surface area contributed by atoms with Gasteiger partial charge < -0.3 is 14.8 Å². The molecule has 1 N–H and O–H groups in total. The molecule has 1 aromatic carbocycles. The van der Waals surface area contributed by atoms with Crippen molar-refractivity contribution in [2.24, 2.45) is 0 Å². The quantitative estimate of drug-likeness (QED) is 0.641. The van der Waals surface area contributed by atoms with E-state index in [1.54, 1.807) is 6.07 Å². The number of methoxy groups -OCH3 is 1. The lowest BCUT2D eigenvalue weighted by molar-refractivity contribution is -0.150. The smallest absolute Gasteiger partial charge is 0.331 e. The number of amides is 1. The van der Waals surface area contributed by atoms with Crippen molar-refractivity contribution in [1.82, 2.24) is 5.32 Å². The Morgan fingerprint density at radius 3 is 2.67 bits per heavy atom. The predicted octanol–water partition coefficient (Wildman–Crippen LogP) is 2.84. The molecule has 24 heavy (non-hydrogen) atoms. The van der Waals surface area contributed by atoms with E-state index in [1.807, 2.05) is 0 Å². The van der Waals surface area contributed by atoms with Gasteiger partial charge in [-0.2, -0.15) is 0 Å². The van der Waals surface area contributed by atoms with Gasteiger partial charge in [-0.25, -0.2) is 9.18 Å². The SMILES string of the molecule is COc1ccc(/C=C/C(=O)O[C@@H](C)C(=O)NC2CCCC2)cc1F. The molecule has 0 unspecified atom stereocenters. The predicted molar refractivity (Wildman–Crippen MR) is 87.9 cm³/mol. The third-order valence-electron chi connectivity index (χ3n) is 3.95. The van der Waals surface area contributed by atoms with Gasteiger partial charge in [0.05, 0.1) is 7.11 Å². The molecule has 5 nitrogen and oxygen atoms in total. The van der Waals surface area contributed by atoms with Gasteiger partial charge >= 0.3 is 5.97 Å². The standard InChI is InChI=1S/C18H22FNO4/c1-12(18(22)20-14-5-3-4-6-14)24-17(21)10-8-13-7-9-16(23-2)15(19)11-13/h7-12,14H,3-6H2,1-2H3,(H,20,22)/b10-8+/t12-/m0/s1. The molecular weight excluding hydrogens is 313 g/mol. The fourth-order valence-corrected chi connectivity index (χ4v) is 2.61. The van der Waals surface area contributed by atoms with E-state index in [0.717, 1.165) is 25.7 Å². The van der Waals surface area contributed by atoms with Crippen molar-refractivity contribution in [3.63, 3.8) is 0 Å². The van der Waals surface area contributed by atoms with Crippen molar-refractivity contribution in [3.05, 3.63) is 35.7 Å². The number of hydrogen-bond donors (Lipinski definition) is 1. The highest BCUT2D eigenvalue weighted by atomic mass is 19.1. The Hall–Kier alpha value is -2.37. The summed E-state index contributed by atoms with van der Waals surface area (Å²) in [6.07, 6.45) is 5.88. The van der Waals surface area contributed by atoms with E-state index in [2.05, 4.69) is 5.32 Å². The number of hydrogen-bond acceptors (Lipinski definition) is 4. The van der Waals surface area contributed by atoms with Gasteiger partial charge in [0.1, 0.15) is 0 Å². The first kappa shape index (κ1) is 18.0. The van der Waals surface area contributed by atoms with Crippen molar-refractivity contribution < 1.29 is 23.5 Å². The van der Waals surface area contributed by atoms with Crippen LogP contribution in [0.2, 0.25) is 0 Å². The first-order valence-corrected chi connectivity index (χ1v) is 8.02. The van der Waals surface area contributed by atoms with Crippen molar-refractivity contribution in [2.45, 2.75) is 44.8 Å². The second-order valence-corrected chi connectivity index (χ2v) is 5.80. The second-order valence-electron chi connectivity index (χ2n) is 5.80. The van der Waals surface area contributed by atoms with Gasteiger partial charge in [0.2, 0.25) is 0 Å². The molecule has 0 aromatic heterocycles. The first-order valence-electron chi connectivity index (χ1n) is 8.02. The molecular formula is C18H22FNO4. The molecule has 0 bridgehead atoms. The number of benzene rings is 1. The maximum Gasteiger partial charge on any atom is 0.331 e. The van der Waals surface area contributed by atoms with Crippen LogP contribution in [0.1, 0.15) is 38.2 Å². The summed E-state index contributed by atoms with van der Waals surface area (Å²) in [7, 11) is 1.38. The molecule has 1 atom stereocenters. The summed E-state index contributed by atoms with van der Waals surface area (Å²) in [4.78, 5) is 23.7. The van der Waals surface area contributed by atoms with Crippen LogP contribution in [0.3, 0.4) is 0 Å². The number of esters is 1. The van der Waals surface area contributed by atoms with Crippen LogP contribution in [-0.2, 0) is 14.3 Å². The monoisotopic (exact) mass is 335 g/mol. The molecule has 1 amide bonds. The summed E-state index contributed by atoms with van der Waals surface area (Å²) in [5.74, 6) is -1.33. The van der Waals surface area contributed by atoms with Crippen molar-refractivity contribution in [1.29, 1.82) is 0 Å². The summed E-state index contributed by atoms with van der Waals surface area (Å²) in [5, 5.41) is 2.87. The number of carbonyl (C=O) groups is 2. The normalized spacial score (nSPS) is 16.1. The zero-order valence-electron chi connectivity index (χ0n) is 13.9. The number of rotatable bonds is 6. The average molecular weight is 335 g/mol. The Balaban J connectivity index is 1.85. The van der Waals surface area contributed by atoms with Gasteiger partial charge in [0.15, 0.2) is 17.7 Å². The first-order chi connectivity index (χ1) is 11.5. The zero-order chi connectivity index (χ0) is 17.5. The lowest BCUT2D eigenvalue weighted by atomic mass is 10.2. The molecule has 0 aliphatic heterocycles. The van der Waals surface area contributed by atoms with E-state index in [0.29, 0.717) is 5.56 Å². The molecule has 1 fully saturated rings.